The van der Waals surface area contributed by atoms with E-state index < -0.39 is 6.67 Å². The van der Waals surface area contributed by atoms with E-state index in [9.17, 15) is 4.39 Å². The van der Waals surface area contributed by atoms with E-state index in [2.05, 4.69) is 34.6 Å². The van der Waals surface area contributed by atoms with Gasteiger partial charge in [0.05, 0.1) is 16.4 Å². The van der Waals surface area contributed by atoms with E-state index >= 15 is 0 Å². The largest absolute Gasteiger partial charge is 0.341 e. The number of nitrogens with zero attached hydrogens (tertiary/aromatic N) is 1. The van der Waals surface area contributed by atoms with Crippen molar-refractivity contribution in [3.8, 4) is 0 Å². The molecule has 1 aliphatic heterocycles. The van der Waals surface area contributed by atoms with Crippen LogP contribution in [0.5, 0.6) is 0 Å². The van der Waals surface area contributed by atoms with Crippen LogP contribution in [-0.2, 0) is 12.1 Å². The third kappa shape index (κ3) is 2.43. The Balaban J connectivity index is 1.86. The van der Waals surface area contributed by atoms with Gasteiger partial charge in [-0.25, -0.2) is 9.37 Å². The molecule has 3 nitrogen and oxygen atoms in total. The fourth-order valence-electron chi connectivity index (χ4n) is 3.64. The summed E-state index contributed by atoms with van der Waals surface area (Å²) in [6.07, 6.45) is 2.01. The molecule has 0 spiro atoms. The van der Waals surface area contributed by atoms with Crippen molar-refractivity contribution in [2.75, 3.05) is 13.1 Å². The lowest BCUT2D eigenvalue weighted by Gasteiger charge is -2.36. The number of H-pyrrole nitrogens is 1. The molecule has 4 rings (SSSR count). The highest BCUT2D eigenvalue weighted by Gasteiger charge is 2.38. The van der Waals surface area contributed by atoms with Gasteiger partial charge in [-0.3, -0.25) is 0 Å². The molecule has 0 amide bonds. The first-order chi connectivity index (χ1) is 11.3. The summed E-state index contributed by atoms with van der Waals surface area (Å²) >= 11 is 0. The average Bonchev–Trinajstić information content (AvgIpc) is 3.06. The lowest BCUT2D eigenvalue weighted by atomic mass is 9.72. The number of aromatic amines is 1. The van der Waals surface area contributed by atoms with E-state index in [1.807, 2.05) is 24.3 Å². The highest BCUT2D eigenvalue weighted by atomic mass is 19.1. The summed E-state index contributed by atoms with van der Waals surface area (Å²) in [5.41, 5.74) is 3.72. The summed E-state index contributed by atoms with van der Waals surface area (Å²) in [4.78, 5) is 8.33. The maximum atomic E-state index is 12.9. The van der Waals surface area contributed by atoms with Gasteiger partial charge in [0.15, 0.2) is 0 Å². The molecule has 23 heavy (non-hydrogen) atoms. The molecule has 1 aliphatic rings. The SMILES string of the molecule is FCc1ccc2nc(C3(c4ccccc4)CCNCC3)[nH]c2c1. The molecule has 0 radical (unpaired) electrons. The summed E-state index contributed by atoms with van der Waals surface area (Å²) in [5.74, 6) is 0.996. The summed E-state index contributed by atoms with van der Waals surface area (Å²) in [7, 11) is 0. The predicted octanol–water partition coefficient (Wildman–Crippen LogP) is 3.70. The zero-order valence-electron chi connectivity index (χ0n) is 13.0. The lowest BCUT2D eigenvalue weighted by Crippen LogP contribution is -2.41. The summed E-state index contributed by atoms with van der Waals surface area (Å²) in [5, 5.41) is 3.44. The normalized spacial score (nSPS) is 17.4. The number of fused-ring (bicyclic) bond motifs is 1. The number of benzene rings is 2. The minimum atomic E-state index is -0.446. The van der Waals surface area contributed by atoms with Crippen molar-refractivity contribution in [1.29, 1.82) is 0 Å². The van der Waals surface area contributed by atoms with Crippen LogP contribution in [0.3, 0.4) is 0 Å². The van der Waals surface area contributed by atoms with Crippen LogP contribution in [-0.4, -0.2) is 23.1 Å². The van der Waals surface area contributed by atoms with Crippen molar-refractivity contribution in [2.45, 2.75) is 24.9 Å². The number of imidazole rings is 1. The fourth-order valence-corrected chi connectivity index (χ4v) is 3.64. The number of rotatable bonds is 3. The number of hydrogen-bond acceptors (Lipinski definition) is 2. The van der Waals surface area contributed by atoms with Gasteiger partial charge in [-0.05, 0) is 49.2 Å². The number of aromatic nitrogens is 2. The van der Waals surface area contributed by atoms with Crippen LogP contribution in [0, 0.1) is 0 Å². The quantitative estimate of drug-likeness (QED) is 0.774. The third-order valence-corrected chi connectivity index (χ3v) is 4.94. The first-order valence-electron chi connectivity index (χ1n) is 8.13. The summed E-state index contributed by atoms with van der Waals surface area (Å²) in [6.45, 7) is 1.50. The summed E-state index contributed by atoms with van der Waals surface area (Å²) in [6, 6.07) is 16.2. The van der Waals surface area contributed by atoms with E-state index in [-0.39, 0.29) is 5.41 Å². The molecule has 0 unspecified atom stereocenters. The first kappa shape index (κ1) is 14.4. The van der Waals surface area contributed by atoms with E-state index in [1.165, 1.54) is 5.56 Å². The molecular formula is C19H20FN3. The van der Waals surface area contributed by atoms with Crippen molar-refractivity contribution in [1.82, 2.24) is 15.3 Å². The maximum Gasteiger partial charge on any atom is 0.118 e. The smallest absolute Gasteiger partial charge is 0.118 e. The molecule has 3 aromatic rings. The van der Waals surface area contributed by atoms with Gasteiger partial charge in [-0.2, -0.15) is 0 Å². The van der Waals surface area contributed by atoms with Crippen molar-refractivity contribution >= 4 is 11.0 Å². The van der Waals surface area contributed by atoms with Crippen molar-refractivity contribution in [2.24, 2.45) is 0 Å². The summed E-state index contributed by atoms with van der Waals surface area (Å²) < 4.78 is 12.9. The molecule has 0 saturated carbocycles. The van der Waals surface area contributed by atoms with Crippen LogP contribution < -0.4 is 5.32 Å². The Morgan fingerprint density at radius 2 is 1.83 bits per heavy atom. The van der Waals surface area contributed by atoms with Gasteiger partial charge < -0.3 is 10.3 Å². The zero-order valence-corrected chi connectivity index (χ0v) is 13.0. The highest BCUT2D eigenvalue weighted by molar-refractivity contribution is 5.76. The van der Waals surface area contributed by atoms with Gasteiger partial charge >= 0.3 is 0 Å². The minimum absolute atomic E-state index is 0.0958. The number of halogens is 1. The van der Waals surface area contributed by atoms with Crippen molar-refractivity contribution in [3.63, 3.8) is 0 Å². The van der Waals surface area contributed by atoms with E-state index in [1.54, 1.807) is 0 Å². The van der Waals surface area contributed by atoms with Gasteiger partial charge in [0, 0.05) is 0 Å². The number of nitrogens with one attached hydrogen (secondary N) is 2. The van der Waals surface area contributed by atoms with E-state index in [0.29, 0.717) is 5.56 Å². The van der Waals surface area contributed by atoms with Gasteiger partial charge in [0.2, 0.25) is 0 Å². The average molecular weight is 309 g/mol. The molecule has 1 fully saturated rings. The molecular weight excluding hydrogens is 289 g/mol. The fraction of sp³-hybridized carbons (Fsp3) is 0.316. The Morgan fingerprint density at radius 3 is 2.57 bits per heavy atom. The Labute approximate surface area is 134 Å². The molecule has 1 aromatic heterocycles. The monoisotopic (exact) mass is 309 g/mol. The number of piperidine rings is 1. The number of hydrogen-bond donors (Lipinski definition) is 2. The van der Waals surface area contributed by atoms with Crippen LogP contribution in [0.1, 0.15) is 29.8 Å². The molecule has 4 heteroatoms. The van der Waals surface area contributed by atoms with E-state index in [0.717, 1.165) is 42.8 Å². The molecule has 2 N–H and O–H groups in total. The predicted molar refractivity (Wildman–Crippen MR) is 90.2 cm³/mol. The second-order valence-corrected chi connectivity index (χ2v) is 6.27. The molecule has 2 heterocycles. The third-order valence-electron chi connectivity index (χ3n) is 4.94. The topological polar surface area (TPSA) is 40.7 Å². The molecule has 0 bridgehead atoms. The van der Waals surface area contributed by atoms with Crippen molar-refractivity contribution in [3.05, 3.63) is 65.5 Å². The Bertz CT molecular complexity index is 804. The van der Waals surface area contributed by atoms with Crippen LogP contribution in [0.25, 0.3) is 11.0 Å². The van der Waals surface area contributed by atoms with Crippen LogP contribution in [0.15, 0.2) is 48.5 Å². The Hall–Kier alpha value is -2.20. The van der Waals surface area contributed by atoms with E-state index in [4.69, 9.17) is 4.98 Å². The van der Waals surface area contributed by atoms with Gasteiger partial charge in [0.25, 0.3) is 0 Å². The maximum absolute atomic E-state index is 12.9. The van der Waals surface area contributed by atoms with Crippen molar-refractivity contribution < 1.29 is 4.39 Å². The Kier molecular flexibility index (Phi) is 3.62. The first-order valence-corrected chi connectivity index (χ1v) is 8.13. The highest BCUT2D eigenvalue weighted by Crippen LogP contribution is 2.39. The molecule has 118 valence electrons. The molecule has 0 atom stereocenters. The Morgan fingerprint density at radius 1 is 1.04 bits per heavy atom. The standard InChI is InChI=1S/C19H20FN3/c20-13-14-6-7-16-17(12-14)23-18(22-16)19(8-10-21-11-9-19)15-4-2-1-3-5-15/h1-7,12,21H,8-11,13H2,(H,22,23). The van der Waals surface area contributed by atoms with Crippen LogP contribution >= 0.6 is 0 Å². The van der Waals surface area contributed by atoms with Gasteiger partial charge in [-0.1, -0.05) is 36.4 Å². The molecule has 2 aromatic carbocycles. The zero-order chi connectivity index (χ0) is 15.7. The lowest BCUT2D eigenvalue weighted by molar-refractivity contribution is 0.348. The second kappa shape index (κ2) is 5.78. The van der Waals surface area contributed by atoms with Gasteiger partial charge in [-0.15, -0.1) is 0 Å². The van der Waals surface area contributed by atoms with Crippen LogP contribution in [0.2, 0.25) is 0 Å². The van der Waals surface area contributed by atoms with Crippen LogP contribution in [0.4, 0.5) is 4.39 Å². The molecule has 1 saturated heterocycles. The second-order valence-electron chi connectivity index (χ2n) is 6.27. The van der Waals surface area contributed by atoms with Gasteiger partial charge in [0.1, 0.15) is 12.5 Å². The molecule has 0 aliphatic carbocycles. The number of alkyl halides is 1. The minimum Gasteiger partial charge on any atom is -0.341 e.